The molecule has 3 heteroatoms. The molecule has 0 bridgehead atoms. The molecule has 1 fully saturated rings. The lowest BCUT2D eigenvalue weighted by Gasteiger charge is -2.23. The number of benzene rings is 1. The minimum atomic E-state index is -0.289. The summed E-state index contributed by atoms with van der Waals surface area (Å²) < 4.78 is 0. The van der Waals surface area contributed by atoms with Gasteiger partial charge in [0, 0.05) is 10.1 Å². The Labute approximate surface area is 113 Å². The molecule has 0 aliphatic heterocycles. The molecule has 0 unspecified atom stereocenters. The van der Waals surface area contributed by atoms with E-state index < -0.39 is 0 Å². The second-order valence-electron chi connectivity index (χ2n) is 5.13. The van der Waals surface area contributed by atoms with Crippen molar-refractivity contribution in [2.24, 2.45) is 4.99 Å². The van der Waals surface area contributed by atoms with Crippen LogP contribution >= 0.6 is 11.8 Å². The third-order valence-corrected chi connectivity index (χ3v) is 4.47. The molecule has 0 aromatic heterocycles. The van der Waals surface area contributed by atoms with E-state index in [-0.39, 0.29) is 5.54 Å². The molecule has 0 radical (unpaired) electrons. The highest BCUT2D eigenvalue weighted by molar-refractivity contribution is 7.99. The van der Waals surface area contributed by atoms with Gasteiger partial charge >= 0.3 is 0 Å². The molecule has 0 amide bonds. The Morgan fingerprint density at radius 3 is 2.33 bits per heavy atom. The minimum absolute atomic E-state index is 0.289. The average Bonchev–Trinajstić information content (AvgIpc) is 2.79. The van der Waals surface area contributed by atoms with E-state index in [0.29, 0.717) is 5.25 Å². The van der Waals surface area contributed by atoms with Crippen LogP contribution in [0, 0.1) is 0 Å². The van der Waals surface area contributed by atoms with Gasteiger partial charge < -0.3 is 0 Å². The van der Waals surface area contributed by atoms with Crippen LogP contribution in [0.4, 0.5) is 0 Å². The summed E-state index contributed by atoms with van der Waals surface area (Å²) in [5.41, 5.74) is 0.874. The van der Waals surface area contributed by atoms with Gasteiger partial charge in [-0.05, 0) is 30.5 Å². The molecule has 1 aliphatic carbocycles. The van der Waals surface area contributed by atoms with Crippen molar-refractivity contribution in [2.75, 3.05) is 0 Å². The van der Waals surface area contributed by atoms with Gasteiger partial charge in [0.1, 0.15) is 0 Å². The fourth-order valence-electron chi connectivity index (χ4n) is 2.63. The van der Waals surface area contributed by atoms with Crippen LogP contribution in [0.2, 0.25) is 0 Å². The monoisotopic (exact) mass is 261 g/mol. The van der Waals surface area contributed by atoms with Crippen molar-refractivity contribution in [1.29, 1.82) is 0 Å². The first kappa shape index (κ1) is 13.4. The number of hydrogen-bond donors (Lipinski definition) is 0. The molecule has 0 atom stereocenters. The molecule has 1 aliphatic rings. The average molecular weight is 261 g/mol. The highest BCUT2D eigenvalue weighted by atomic mass is 32.2. The molecule has 0 N–H and O–H groups in total. The zero-order chi connectivity index (χ0) is 13.0. The summed E-state index contributed by atoms with van der Waals surface area (Å²) in [6.07, 6.45) is 6.00. The minimum Gasteiger partial charge on any atom is -0.211 e. The smallest absolute Gasteiger partial charge is 0.211 e. The Morgan fingerprint density at radius 2 is 1.83 bits per heavy atom. The second-order valence-corrected chi connectivity index (χ2v) is 6.78. The van der Waals surface area contributed by atoms with Crippen molar-refractivity contribution < 1.29 is 4.79 Å². The predicted octanol–water partition coefficient (Wildman–Crippen LogP) is 4.29. The topological polar surface area (TPSA) is 29.4 Å². The van der Waals surface area contributed by atoms with Gasteiger partial charge in [0.2, 0.25) is 6.08 Å². The third kappa shape index (κ3) is 2.85. The van der Waals surface area contributed by atoms with Crippen LogP contribution in [0.1, 0.15) is 45.1 Å². The molecule has 2 rings (SSSR count). The maximum absolute atomic E-state index is 10.7. The van der Waals surface area contributed by atoms with Gasteiger partial charge in [0.05, 0.1) is 5.54 Å². The summed E-state index contributed by atoms with van der Waals surface area (Å²) >= 11 is 1.85. The largest absolute Gasteiger partial charge is 0.235 e. The third-order valence-electron chi connectivity index (χ3n) is 3.45. The van der Waals surface area contributed by atoms with Crippen molar-refractivity contribution in [2.45, 2.75) is 55.2 Å². The molecule has 0 spiro atoms. The second kappa shape index (κ2) is 5.73. The zero-order valence-electron chi connectivity index (χ0n) is 11.0. The molecule has 96 valence electrons. The summed E-state index contributed by atoms with van der Waals surface area (Å²) in [5, 5.41) is 0.587. The fraction of sp³-hybridized carbons (Fsp3) is 0.533. The Morgan fingerprint density at radius 1 is 1.22 bits per heavy atom. The van der Waals surface area contributed by atoms with Gasteiger partial charge in [-0.25, -0.2) is 4.79 Å². The lowest BCUT2D eigenvalue weighted by Crippen LogP contribution is -2.18. The van der Waals surface area contributed by atoms with E-state index in [1.54, 1.807) is 6.08 Å². The molecule has 1 aromatic carbocycles. The van der Waals surface area contributed by atoms with Crippen LogP contribution in [-0.4, -0.2) is 11.3 Å². The maximum Gasteiger partial charge on any atom is 0.235 e. The summed E-state index contributed by atoms with van der Waals surface area (Å²) in [5.74, 6) is 0. The van der Waals surface area contributed by atoms with E-state index in [2.05, 4.69) is 43.1 Å². The number of carbonyl (C=O) groups excluding carboxylic acids is 1. The fourth-order valence-corrected chi connectivity index (χ4v) is 3.47. The SMILES string of the molecule is CC(C)Sc1ccc(C2(N=C=O)CCCC2)cc1. The summed E-state index contributed by atoms with van der Waals surface area (Å²) in [4.78, 5) is 16.0. The van der Waals surface area contributed by atoms with Crippen LogP contribution in [-0.2, 0) is 10.3 Å². The molecule has 0 saturated heterocycles. The predicted molar refractivity (Wildman–Crippen MR) is 75.7 cm³/mol. The first-order valence-electron chi connectivity index (χ1n) is 6.52. The molecule has 1 saturated carbocycles. The van der Waals surface area contributed by atoms with Crippen molar-refractivity contribution in [3.63, 3.8) is 0 Å². The van der Waals surface area contributed by atoms with Crippen LogP contribution in [0.25, 0.3) is 0 Å². The van der Waals surface area contributed by atoms with Crippen molar-refractivity contribution in [1.82, 2.24) is 0 Å². The Kier molecular flexibility index (Phi) is 4.26. The standard InChI is InChI=1S/C15H19NOS/c1-12(2)18-14-7-5-13(6-8-14)15(16-11-17)9-3-4-10-15/h5-8,12H,3-4,9-10H2,1-2H3. The molecule has 18 heavy (non-hydrogen) atoms. The zero-order valence-corrected chi connectivity index (χ0v) is 11.8. The molecular formula is C15H19NOS. The van der Waals surface area contributed by atoms with Crippen molar-refractivity contribution >= 4 is 17.8 Å². The highest BCUT2D eigenvalue weighted by Gasteiger charge is 2.35. The summed E-state index contributed by atoms with van der Waals surface area (Å²) in [6, 6.07) is 8.52. The van der Waals surface area contributed by atoms with Crippen molar-refractivity contribution in [3.8, 4) is 0 Å². The van der Waals surface area contributed by atoms with Crippen LogP contribution in [0.3, 0.4) is 0 Å². The summed E-state index contributed by atoms with van der Waals surface area (Å²) in [6.45, 7) is 4.38. The lowest BCUT2D eigenvalue weighted by atomic mass is 9.89. The van der Waals surface area contributed by atoms with Gasteiger partial charge in [-0.3, -0.25) is 0 Å². The van der Waals surface area contributed by atoms with Crippen molar-refractivity contribution in [3.05, 3.63) is 29.8 Å². The Balaban J connectivity index is 2.24. The maximum atomic E-state index is 10.7. The highest BCUT2D eigenvalue weighted by Crippen LogP contribution is 2.42. The molecule has 0 heterocycles. The van der Waals surface area contributed by atoms with Gasteiger partial charge in [0.25, 0.3) is 0 Å². The van der Waals surface area contributed by atoms with E-state index in [9.17, 15) is 4.79 Å². The Bertz CT molecular complexity index is 440. The molecule has 1 aromatic rings. The number of thioether (sulfide) groups is 1. The van der Waals surface area contributed by atoms with E-state index in [4.69, 9.17) is 0 Å². The van der Waals surface area contributed by atoms with E-state index in [1.165, 1.54) is 4.90 Å². The number of rotatable bonds is 4. The number of isocyanates is 1. The van der Waals surface area contributed by atoms with Gasteiger partial charge in [0.15, 0.2) is 0 Å². The van der Waals surface area contributed by atoms with Gasteiger partial charge in [-0.15, -0.1) is 11.8 Å². The van der Waals surface area contributed by atoms with Crippen LogP contribution in [0.5, 0.6) is 0 Å². The van der Waals surface area contributed by atoms with E-state index in [0.717, 1.165) is 31.2 Å². The van der Waals surface area contributed by atoms with Crippen LogP contribution in [0.15, 0.2) is 34.2 Å². The van der Waals surface area contributed by atoms with E-state index >= 15 is 0 Å². The van der Waals surface area contributed by atoms with Crippen LogP contribution < -0.4 is 0 Å². The molecule has 2 nitrogen and oxygen atoms in total. The van der Waals surface area contributed by atoms with Gasteiger partial charge in [-0.2, -0.15) is 4.99 Å². The normalized spacial score (nSPS) is 17.7. The molecular weight excluding hydrogens is 242 g/mol. The van der Waals surface area contributed by atoms with Gasteiger partial charge in [-0.1, -0.05) is 38.8 Å². The number of aliphatic imine (C=N–C) groups is 1. The number of nitrogens with zero attached hydrogens (tertiary/aromatic N) is 1. The summed E-state index contributed by atoms with van der Waals surface area (Å²) in [7, 11) is 0. The first-order chi connectivity index (χ1) is 8.66. The lowest BCUT2D eigenvalue weighted by molar-refractivity contribution is 0.455. The van der Waals surface area contributed by atoms with E-state index in [1.807, 2.05) is 11.8 Å². The quantitative estimate of drug-likeness (QED) is 0.459. The number of hydrogen-bond acceptors (Lipinski definition) is 3. The Hall–Kier alpha value is -1.05. The first-order valence-corrected chi connectivity index (χ1v) is 7.40.